The number of nitrogens with one attached hydrogen (secondary N) is 1. The Hall–Kier alpha value is -1.90. The molecule has 3 nitrogen and oxygen atoms in total. The molecular weight excluding hydrogens is 226 g/mol. The number of amides is 1. The maximum atomic E-state index is 11.3. The molecule has 1 aliphatic rings. The average Bonchev–Trinajstić information content (AvgIpc) is 2.34. The van der Waals surface area contributed by atoms with Gasteiger partial charge in [-0.15, -0.1) is 0 Å². The van der Waals surface area contributed by atoms with E-state index in [0.29, 0.717) is 25.2 Å². The molecule has 0 radical (unpaired) electrons. The van der Waals surface area contributed by atoms with E-state index >= 15 is 0 Å². The summed E-state index contributed by atoms with van der Waals surface area (Å²) in [5.41, 5.74) is 3.55. The lowest BCUT2D eigenvalue weighted by atomic mass is 9.89. The van der Waals surface area contributed by atoms with E-state index in [2.05, 4.69) is 11.4 Å². The summed E-state index contributed by atoms with van der Waals surface area (Å²) in [6.45, 7) is 2.05. The van der Waals surface area contributed by atoms with Crippen molar-refractivity contribution >= 4 is 17.8 Å². The van der Waals surface area contributed by atoms with E-state index in [1.807, 2.05) is 24.3 Å². The zero-order chi connectivity index (χ0) is 13.0. The minimum Gasteiger partial charge on any atom is -0.353 e. The average molecular weight is 243 g/mol. The summed E-state index contributed by atoms with van der Waals surface area (Å²) in [4.78, 5) is 22.0. The van der Waals surface area contributed by atoms with E-state index in [4.69, 9.17) is 0 Å². The maximum Gasteiger partial charge on any atom is 0.217 e. The first-order valence-corrected chi connectivity index (χ1v) is 6.19. The lowest BCUT2D eigenvalue weighted by molar-refractivity contribution is -0.119. The van der Waals surface area contributed by atoms with Crippen LogP contribution in [0.3, 0.4) is 0 Å². The Morgan fingerprint density at radius 3 is 2.94 bits per heavy atom. The second-order valence-electron chi connectivity index (χ2n) is 4.58. The number of hydrogen-bond acceptors (Lipinski definition) is 2. The zero-order valence-electron chi connectivity index (χ0n) is 10.5. The Bertz CT molecular complexity index is 503. The number of hydrogen-bond donors (Lipinski definition) is 1. The SMILES string of the molecule is CC(=O)NCC=Cc1ccc2c(c1)CCC(=O)C2. The molecule has 0 heterocycles. The van der Waals surface area contributed by atoms with Gasteiger partial charge in [-0.1, -0.05) is 30.4 Å². The van der Waals surface area contributed by atoms with E-state index in [9.17, 15) is 9.59 Å². The molecule has 0 saturated heterocycles. The van der Waals surface area contributed by atoms with Crippen molar-refractivity contribution in [1.82, 2.24) is 5.32 Å². The summed E-state index contributed by atoms with van der Waals surface area (Å²) in [5, 5.41) is 2.71. The van der Waals surface area contributed by atoms with Gasteiger partial charge in [-0.25, -0.2) is 0 Å². The van der Waals surface area contributed by atoms with Crippen molar-refractivity contribution in [3.8, 4) is 0 Å². The fraction of sp³-hybridized carbons (Fsp3) is 0.333. The van der Waals surface area contributed by atoms with Gasteiger partial charge in [0.1, 0.15) is 5.78 Å². The predicted molar refractivity (Wildman–Crippen MR) is 71.2 cm³/mol. The van der Waals surface area contributed by atoms with E-state index in [0.717, 1.165) is 17.5 Å². The van der Waals surface area contributed by atoms with Crippen LogP contribution in [0.15, 0.2) is 24.3 Å². The normalized spacial score (nSPS) is 14.6. The summed E-state index contributed by atoms with van der Waals surface area (Å²) < 4.78 is 0. The quantitative estimate of drug-likeness (QED) is 0.881. The van der Waals surface area contributed by atoms with Gasteiger partial charge in [0, 0.05) is 26.3 Å². The van der Waals surface area contributed by atoms with Crippen molar-refractivity contribution in [2.75, 3.05) is 6.54 Å². The van der Waals surface area contributed by atoms with Crippen LogP contribution in [0.4, 0.5) is 0 Å². The van der Waals surface area contributed by atoms with Gasteiger partial charge in [0.2, 0.25) is 5.91 Å². The summed E-state index contributed by atoms with van der Waals surface area (Å²) in [5.74, 6) is 0.306. The molecule has 0 atom stereocenters. The minimum atomic E-state index is -0.0244. The molecule has 0 saturated carbocycles. The van der Waals surface area contributed by atoms with Crippen molar-refractivity contribution in [2.45, 2.75) is 26.2 Å². The number of carbonyl (C=O) groups is 2. The van der Waals surface area contributed by atoms with E-state index < -0.39 is 0 Å². The second-order valence-corrected chi connectivity index (χ2v) is 4.58. The number of rotatable bonds is 3. The van der Waals surface area contributed by atoms with E-state index in [1.165, 1.54) is 12.5 Å². The highest BCUT2D eigenvalue weighted by molar-refractivity contribution is 5.83. The summed E-state index contributed by atoms with van der Waals surface area (Å²) in [6, 6.07) is 6.18. The highest BCUT2D eigenvalue weighted by atomic mass is 16.1. The molecule has 0 aromatic heterocycles. The first-order chi connectivity index (χ1) is 8.65. The Labute approximate surface area is 107 Å². The standard InChI is InChI=1S/C15H17NO2/c1-11(17)16-8-2-3-12-4-5-14-10-15(18)7-6-13(14)9-12/h2-5,9H,6-8,10H2,1H3,(H,16,17). The Morgan fingerprint density at radius 2 is 2.17 bits per heavy atom. The highest BCUT2D eigenvalue weighted by Crippen LogP contribution is 2.21. The molecule has 1 N–H and O–H groups in total. The molecule has 1 amide bonds. The predicted octanol–water partition coefficient (Wildman–Crippen LogP) is 1.89. The second kappa shape index (κ2) is 5.63. The van der Waals surface area contributed by atoms with Gasteiger partial charge in [-0.05, 0) is 23.1 Å². The van der Waals surface area contributed by atoms with Crippen LogP contribution in [0.25, 0.3) is 6.08 Å². The lowest BCUT2D eigenvalue weighted by Crippen LogP contribution is -2.19. The topological polar surface area (TPSA) is 46.2 Å². The van der Waals surface area contributed by atoms with Crippen LogP contribution in [0.1, 0.15) is 30.0 Å². The van der Waals surface area contributed by atoms with E-state index in [-0.39, 0.29) is 5.91 Å². The lowest BCUT2D eigenvalue weighted by Gasteiger charge is -2.15. The monoisotopic (exact) mass is 243 g/mol. The van der Waals surface area contributed by atoms with Gasteiger partial charge in [-0.3, -0.25) is 9.59 Å². The smallest absolute Gasteiger partial charge is 0.217 e. The summed E-state index contributed by atoms with van der Waals surface area (Å²) in [7, 11) is 0. The van der Waals surface area contributed by atoms with Crippen molar-refractivity contribution in [3.05, 3.63) is 41.0 Å². The third-order valence-corrected chi connectivity index (χ3v) is 3.07. The van der Waals surface area contributed by atoms with Gasteiger partial charge in [0.15, 0.2) is 0 Å². The molecule has 3 heteroatoms. The zero-order valence-corrected chi connectivity index (χ0v) is 10.5. The fourth-order valence-corrected chi connectivity index (χ4v) is 2.13. The molecule has 0 fully saturated rings. The Kier molecular flexibility index (Phi) is 3.92. The Balaban J connectivity index is 2.03. The fourth-order valence-electron chi connectivity index (χ4n) is 2.13. The molecule has 0 bridgehead atoms. The number of carbonyl (C=O) groups excluding carboxylic acids is 2. The third-order valence-electron chi connectivity index (χ3n) is 3.07. The van der Waals surface area contributed by atoms with Crippen LogP contribution >= 0.6 is 0 Å². The molecule has 94 valence electrons. The molecular formula is C15H17NO2. The summed E-state index contributed by atoms with van der Waals surface area (Å²) in [6.07, 6.45) is 6.00. The third kappa shape index (κ3) is 3.29. The minimum absolute atomic E-state index is 0.0244. The molecule has 1 aromatic rings. The molecule has 0 spiro atoms. The van der Waals surface area contributed by atoms with Crippen LogP contribution in [0, 0.1) is 0 Å². The molecule has 1 aromatic carbocycles. The van der Waals surface area contributed by atoms with E-state index in [1.54, 1.807) is 0 Å². The van der Waals surface area contributed by atoms with Crippen LogP contribution in [-0.4, -0.2) is 18.2 Å². The molecule has 18 heavy (non-hydrogen) atoms. The van der Waals surface area contributed by atoms with Crippen LogP contribution < -0.4 is 5.32 Å². The number of fused-ring (bicyclic) bond motifs is 1. The number of benzene rings is 1. The van der Waals surface area contributed by atoms with Crippen LogP contribution in [0.5, 0.6) is 0 Å². The van der Waals surface area contributed by atoms with Gasteiger partial charge >= 0.3 is 0 Å². The first-order valence-electron chi connectivity index (χ1n) is 6.19. The summed E-state index contributed by atoms with van der Waals surface area (Å²) >= 11 is 0. The number of aryl methyl sites for hydroxylation is 1. The van der Waals surface area contributed by atoms with Gasteiger partial charge < -0.3 is 5.32 Å². The van der Waals surface area contributed by atoms with Crippen molar-refractivity contribution in [1.29, 1.82) is 0 Å². The van der Waals surface area contributed by atoms with Crippen LogP contribution in [-0.2, 0) is 22.4 Å². The molecule has 0 unspecified atom stereocenters. The van der Waals surface area contributed by atoms with Gasteiger partial charge in [-0.2, -0.15) is 0 Å². The molecule has 2 rings (SSSR count). The number of ketones is 1. The first kappa shape index (κ1) is 12.6. The van der Waals surface area contributed by atoms with Crippen molar-refractivity contribution in [2.24, 2.45) is 0 Å². The van der Waals surface area contributed by atoms with Crippen molar-refractivity contribution < 1.29 is 9.59 Å². The highest BCUT2D eigenvalue weighted by Gasteiger charge is 2.14. The molecule has 1 aliphatic carbocycles. The Morgan fingerprint density at radius 1 is 1.33 bits per heavy atom. The van der Waals surface area contributed by atoms with Gasteiger partial charge in [0.25, 0.3) is 0 Å². The maximum absolute atomic E-state index is 11.3. The van der Waals surface area contributed by atoms with Crippen LogP contribution in [0.2, 0.25) is 0 Å². The molecule has 0 aliphatic heterocycles. The van der Waals surface area contributed by atoms with Gasteiger partial charge in [0.05, 0.1) is 0 Å². The number of Topliss-reactive ketones (excluding diaryl/α,β-unsaturated/α-hetero) is 1. The van der Waals surface area contributed by atoms with Crippen molar-refractivity contribution in [3.63, 3.8) is 0 Å². The largest absolute Gasteiger partial charge is 0.353 e.